The molecule has 0 saturated carbocycles. The van der Waals surface area contributed by atoms with E-state index in [9.17, 15) is 0 Å². The average Bonchev–Trinajstić information content (AvgIpc) is 2.35. The van der Waals surface area contributed by atoms with Gasteiger partial charge in [0.2, 0.25) is 0 Å². The van der Waals surface area contributed by atoms with Gasteiger partial charge in [0.25, 0.3) is 0 Å². The smallest absolute Gasteiger partial charge is 0.121 e. The van der Waals surface area contributed by atoms with E-state index in [0.717, 1.165) is 11.5 Å². The Morgan fingerprint density at radius 3 is 2.91 bits per heavy atom. The van der Waals surface area contributed by atoms with E-state index in [1.165, 1.54) is 0 Å². The third kappa shape index (κ3) is 2.14. The molecule has 0 aliphatic carbocycles. The van der Waals surface area contributed by atoms with E-state index in [1.54, 1.807) is 0 Å². The van der Waals surface area contributed by atoms with E-state index in [1.807, 2.05) is 19.1 Å². The maximum atomic E-state index is 9.02. The molecule has 0 radical (unpaired) electrons. The van der Waals surface area contributed by atoms with Gasteiger partial charge in [0.15, 0.2) is 0 Å². The summed E-state index contributed by atoms with van der Waals surface area (Å²) in [6.07, 6.45) is 4.64. The van der Waals surface area contributed by atoms with Crippen LogP contribution < -0.4 is 0 Å². The predicted molar refractivity (Wildman–Crippen MR) is 42.0 cm³/mol. The van der Waals surface area contributed by atoms with E-state index in [4.69, 9.17) is 15.9 Å². The third-order valence-electron chi connectivity index (χ3n) is 1.38. The van der Waals surface area contributed by atoms with Crippen molar-refractivity contribution in [1.82, 2.24) is 0 Å². The maximum absolute atomic E-state index is 9.02. The van der Waals surface area contributed by atoms with Crippen molar-refractivity contribution in [2.45, 2.75) is 19.4 Å². The Kier molecular flexibility index (Phi) is 2.35. The van der Waals surface area contributed by atoms with Crippen molar-refractivity contribution >= 4 is 0 Å². The molecule has 58 valence electrons. The number of aryl methyl sites for hydroxylation is 1. The van der Waals surface area contributed by atoms with Gasteiger partial charge in [0.1, 0.15) is 17.6 Å². The highest BCUT2D eigenvalue weighted by Crippen LogP contribution is 2.08. The number of rotatable bonds is 2. The highest BCUT2D eigenvalue weighted by molar-refractivity contribution is 5.09. The first-order valence-electron chi connectivity index (χ1n) is 3.42. The Labute approximate surface area is 65.8 Å². The first-order valence-corrected chi connectivity index (χ1v) is 3.42. The Bertz CT molecular complexity index is 267. The van der Waals surface area contributed by atoms with Crippen LogP contribution >= 0.6 is 0 Å². The number of aliphatic hydroxyl groups is 1. The van der Waals surface area contributed by atoms with Crippen LogP contribution in [0.1, 0.15) is 11.5 Å². The number of hydrogen-bond acceptors (Lipinski definition) is 2. The monoisotopic (exact) mass is 150 g/mol. The van der Waals surface area contributed by atoms with Gasteiger partial charge in [-0.1, -0.05) is 5.92 Å². The van der Waals surface area contributed by atoms with Crippen molar-refractivity contribution in [2.75, 3.05) is 0 Å². The molecule has 0 fully saturated rings. The summed E-state index contributed by atoms with van der Waals surface area (Å²) < 4.78 is 5.20. The van der Waals surface area contributed by atoms with Crippen LogP contribution in [0.15, 0.2) is 16.5 Å². The van der Waals surface area contributed by atoms with Gasteiger partial charge in [-0.05, 0) is 19.1 Å². The molecule has 0 saturated heterocycles. The van der Waals surface area contributed by atoms with E-state index < -0.39 is 6.10 Å². The number of furan rings is 1. The standard InChI is InChI=1S/C9H10O2/c1-3-8(10)6-9-5-4-7(2)11-9/h1,4-5,8,10H,6H2,2H3. The van der Waals surface area contributed by atoms with E-state index in [-0.39, 0.29) is 0 Å². The highest BCUT2D eigenvalue weighted by atomic mass is 16.3. The van der Waals surface area contributed by atoms with Crippen LogP contribution in [-0.4, -0.2) is 11.2 Å². The fraction of sp³-hybridized carbons (Fsp3) is 0.333. The summed E-state index contributed by atoms with van der Waals surface area (Å²) in [7, 11) is 0. The van der Waals surface area contributed by atoms with Crippen LogP contribution in [0.2, 0.25) is 0 Å². The molecule has 1 atom stereocenters. The van der Waals surface area contributed by atoms with Crippen molar-refractivity contribution in [1.29, 1.82) is 0 Å². The lowest BCUT2D eigenvalue weighted by molar-refractivity contribution is 0.223. The summed E-state index contributed by atoms with van der Waals surface area (Å²) in [5, 5.41) is 9.02. The zero-order valence-corrected chi connectivity index (χ0v) is 6.37. The van der Waals surface area contributed by atoms with Crippen LogP contribution in [0.4, 0.5) is 0 Å². The van der Waals surface area contributed by atoms with Gasteiger partial charge in [-0.25, -0.2) is 0 Å². The minimum Gasteiger partial charge on any atom is -0.466 e. The topological polar surface area (TPSA) is 33.4 Å². The lowest BCUT2D eigenvalue weighted by Gasteiger charge is -1.97. The van der Waals surface area contributed by atoms with Gasteiger partial charge in [-0.2, -0.15) is 0 Å². The molecule has 1 aromatic rings. The minimum atomic E-state index is -0.736. The van der Waals surface area contributed by atoms with Crippen LogP contribution in [0.5, 0.6) is 0 Å². The Morgan fingerprint density at radius 2 is 2.45 bits per heavy atom. The lowest BCUT2D eigenvalue weighted by atomic mass is 10.2. The first kappa shape index (κ1) is 7.90. The largest absolute Gasteiger partial charge is 0.466 e. The molecule has 1 heterocycles. The van der Waals surface area contributed by atoms with Crippen LogP contribution in [-0.2, 0) is 6.42 Å². The van der Waals surface area contributed by atoms with Crippen molar-refractivity contribution in [3.05, 3.63) is 23.7 Å². The van der Waals surface area contributed by atoms with Crippen molar-refractivity contribution in [2.24, 2.45) is 0 Å². The van der Waals surface area contributed by atoms with Gasteiger partial charge in [0.05, 0.1) is 0 Å². The summed E-state index contributed by atoms with van der Waals surface area (Å²) >= 11 is 0. The number of aliphatic hydroxyl groups excluding tert-OH is 1. The molecule has 0 bridgehead atoms. The second-order valence-corrected chi connectivity index (χ2v) is 2.40. The second kappa shape index (κ2) is 3.27. The fourth-order valence-corrected chi connectivity index (χ4v) is 0.844. The molecule has 1 rings (SSSR count). The normalized spacial score (nSPS) is 12.5. The quantitative estimate of drug-likeness (QED) is 0.641. The zero-order valence-electron chi connectivity index (χ0n) is 6.37. The molecule has 1 aromatic heterocycles. The summed E-state index contributed by atoms with van der Waals surface area (Å²) in [4.78, 5) is 0. The maximum Gasteiger partial charge on any atom is 0.121 e. The van der Waals surface area contributed by atoms with Crippen molar-refractivity contribution in [3.63, 3.8) is 0 Å². The second-order valence-electron chi connectivity index (χ2n) is 2.40. The molecule has 0 amide bonds. The highest BCUT2D eigenvalue weighted by Gasteiger charge is 2.03. The first-order chi connectivity index (χ1) is 5.22. The van der Waals surface area contributed by atoms with Gasteiger partial charge in [-0.15, -0.1) is 6.42 Å². The number of terminal acetylenes is 1. The average molecular weight is 150 g/mol. The molecule has 2 heteroatoms. The van der Waals surface area contributed by atoms with Gasteiger partial charge < -0.3 is 9.52 Å². The SMILES string of the molecule is C#CC(O)Cc1ccc(C)o1. The molecular weight excluding hydrogens is 140 g/mol. The number of hydrogen-bond donors (Lipinski definition) is 1. The van der Waals surface area contributed by atoms with Gasteiger partial charge in [0, 0.05) is 6.42 Å². The summed E-state index contributed by atoms with van der Waals surface area (Å²) in [5.41, 5.74) is 0. The molecule has 2 nitrogen and oxygen atoms in total. The van der Waals surface area contributed by atoms with E-state index in [0.29, 0.717) is 6.42 Å². The molecule has 1 unspecified atom stereocenters. The molecule has 0 spiro atoms. The molecule has 1 N–H and O–H groups in total. The zero-order chi connectivity index (χ0) is 8.27. The lowest BCUT2D eigenvalue weighted by Crippen LogP contribution is -2.05. The predicted octanol–water partition coefficient (Wildman–Crippen LogP) is 1.12. The van der Waals surface area contributed by atoms with Gasteiger partial charge in [-0.3, -0.25) is 0 Å². The van der Waals surface area contributed by atoms with Crippen LogP contribution in [0.25, 0.3) is 0 Å². The van der Waals surface area contributed by atoms with Crippen LogP contribution in [0, 0.1) is 19.3 Å². The summed E-state index contributed by atoms with van der Waals surface area (Å²) in [5.74, 6) is 3.79. The Balaban J connectivity index is 2.59. The van der Waals surface area contributed by atoms with E-state index in [2.05, 4.69) is 5.92 Å². The summed E-state index contributed by atoms with van der Waals surface area (Å²) in [6, 6.07) is 3.66. The van der Waals surface area contributed by atoms with E-state index >= 15 is 0 Å². The van der Waals surface area contributed by atoms with Crippen LogP contribution in [0.3, 0.4) is 0 Å². The molecular formula is C9H10O2. The molecule has 11 heavy (non-hydrogen) atoms. The Hall–Kier alpha value is -1.20. The Morgan fingerprint density at radius 1 is 1.73 bits per heavy atom. The minimum absolute atomic E-state index is 0.393. The fourth-order valence-electron chi connectivity index (χ4n) is 0.844. The van der Waals surface area contributed by atoms with Crippen molar-refractivity contribution in [3.8, 4) is 12.3 Å². The van der Waals surface area contributed by atoms with Gasteiger partial charge >= 0.3 is 0 Å². The summed E-state index contributed by atoms with van der Waals surface area (Å²) in [6.45, 7) is 1.85. The molecule has 0 aliphatic heterocycles. The molecule has 0 aliphatic rings. The molecule has 0 aromatic carbocycles. The van der Waals surface area contributed by atoms with Crippen molar-refractivity contribution < 1.29 is 9.52 Å². The third-order valence-corrected chi connectivity index (χ3v) is 1.38.